The van der Waals surface area contributed by atoms with Gasteiger partial charge in [0.1, 0.15) is 0 Å². The summed E-state index contributed by atoms with van der Waals surface area (Å²) in [5.74, 6) is 7.49. The minimum absolute atomic E-state index is 0.173. The van der Waals surface area contributed by atoms with Crippen LogP contribution in [0.3, 0.4) is 0 Å². The van der Waals surface area contributed by atoms with E-state index in [0.29, 0.717) is 24.1 Å². The third-order valence-corrected chi connectivity index (χ3v) is 6.91. The number of hydrogen-bond acceptors (Lipinski definition) is 5. The molecule has 0 bridgehead atoms. The highest BCUT2D eigenvalue weighted by Crippen LogP contribution is 2.48. The Balaban J connectivity index is 1.17. The van der Waals surface area contributed by atoms with Crippen molar-refractivity contribution in [1.29, 1.82) is 0 Å². The molecule has 2 heterocycles. The maximum absolute atomic E-state index is 13.2. The van der Waals surface area contributed by atoms with Gasteiger partial charge >= 0.3 is 0 Å². The van der Waals surface area contributed by atoms with Gasteiger partial charge in [-0.25, -0.2) is 4.68 Å². The van der Waals surface area contributed by atoms with Crippen molar-refractivity contribution in [2.24, 2.45) is 11.3 Å². The van der Waals surface area contributed by atoms with Gasteiger partial charge in [0, 0.05) is 29.6 Å². The van der Waals surface area contributed by atoms with Crippen LogP contribution in [0.15, 0.2) is 24.4 Å². The van der Waals surface area contributed by atoms with Crippen LogP contribution in [0.25, 0.3) is 0 Å². The van der Waals surface area contributed by atoms with Gasteiger partial charge in [0.25, 0.3) is 5.91 Å². The molecule has 1 spiro atoms. The van der Waals surface area contributed by atoms with Gasteiger partial charge in [-0.1, -0.05) is 23.1 Å². The molecule has 166 valence electrons. The average Bonchev–Trinajstić information content (AvgIpc) is 3.70. The largest absolute Gasteiger partial charge is 0.350 e. The lowest BCUT2D eigenvalue weighted by molar-refractivity contribution is -0.213. The fourth-order valence-corrected chi connectivity index (χ4v) is 4.18. The summed E-state index contributed by atoms with van der Waals surface area (Å²) in [5, 5.41) is 8.27. The van der Waals surface area contributed by atoms with Crippen LogP contribution in [0.1, 0.15) is 66.1 Å². The molecule has 1 aromatic heterocycles. The van der Waals surface area contributed by atoms with Crippen molar-refractivity contribution in [3.8, 4) is 11.8 Å². The number of hydrogen-bond donors (Lipinski definition) is 0. The van der Waals surface area contributed by atoms with E-state index in [9.17, 15) is 4.79 Å². The number of nitrogens with zero attached hydrogens (tertiary/aromatic N) is 4. The van der Waals surface area contributed by atoms with Crippen molar-refractivity contribution < 1.29 is 14.3 Å². The van der Waals surface area contributed by atoms with Gasteiger partial charge in [0.15, 0.2) is 12.0 Å². The van der Waals surface area contributed by atoms with E-state index < -0.39 is 0 Å². The number of anilines is 1. The second-order valence-corrected chi connectivity index (χ2v) is 9.83. The normalized spacial score (nSPS) is 21.8. The van der Waals surface area contributed by atoms with E-state index in [-0.39, 0.29) is 17.6 Å². The van der Waals surface area contributed by atoms with Gasteiger partial charge < -0.3 is 14.4 Å². The Bertz CT molecular complexity index is 1090. The first kappa shape index (κ1) is 20.0. The van der Waals surface area contributed by atoms with Crippen LogP contribution >= 0.6 is 0 Å². The minimum Gasteiger partial charge on any atom is -0.350 e. The zero-order chi connectivity index (χ0) is 21.7. The van der Waals surface area contributed by atoms with Gasteiger partial charge in [-0.15, -0.1) is 5.10 Å². The fraction of sp³-hybridized carbons (Fsp3) is 0.560. The van der Waals surface area contributed by atoms with E-state index in [0.717, 1.165) is 24.5 Å². The van der Waals surface area contributed by atoms with Crippen molar-refractivity contribution >= 4 is 11.6 Å². The molecule has 3 saturated carbocycles. The maximum Gasteiger partial charge on any atom is 0.280 e. The molecule has 1 amide bonds. The van der Waals surface area contributed by atoms with E-state index in [1.807, 2.05) is 13.1 Å². The predicted octanol–water partition coefficient (Wildman–Crippen LogP) is 3.35. The van der Waals surface area contributed by atoms with E-state index >= 15 is 0 Å². The van der Waals surface area contributed by atoms with Gasteiger partial charge in [0.05, 0.1) is 26.0 Å². The van der Waals surface area contributed by atoms with Crippen molar-refractivity contribution in [3.63, 3.8) is 0 Å². The summed E-state index contributed by atoms with van der Waals surface area (Å²) in [6.45, 7) is 1.91. The van der Waals surface area contributed by atoms with Crippen LogP contribution in [-0.4, -0.2) is 47.5 Å². The van der Waals surface area contributed by atoms with Crippen molar-refractivity contribution in [3.05, 3.63) is 41.2 Å². The number of benzene rings is 1. The maximum atomic E-state index is 13.2. The summed E-state index contributed by atoms with van der Waals surface area (Å²) < 4.78 is 13.3. The lowest BCUT2D eigenvalue weighted by Gasteiger charge is -2.29. The fourth-order valence-electron chi connectivity index (χ4n) is 4.18. The molecular formula is C25H28N4O3. The Morgan fingerprint density at radius 2 is 2.00 bits per heavy atom. The zero-order valence-electron chi connectivity index (χ0n) is 18.4. The lowest BCUT2D eigenvalue weighted by Crippen LogP contribution is -2.36. The summed E-state index contributed by atoms with van der Waals surface area (Å²) >= 11 is 0. The first-order chi connectivity index (χ1) is 15.6. The van der Waals surface area contributed by atoms with Crippen LogP contribution in [0.4, 0.5) is 5.69 Å². The molecule has 4 fully saturated rings. The summed E-state index contributed by atoms with van der Waals surface area (Å²) in [5.41, 5.74) is 3.67. The van der Waals surface area contributed by atoms with Crippen molar-refractivity contribution in [1.82, 2.24) is 15.0 Å². The summed E-state index contributed by atoms with van der Waals surface area (Å²) in [6.07, 6.45) is 8.45. The van der Waals surface area contributed by atoms with Gasteiger partial charge in [0.2, 0.25) is 0 Å². The Labute approximate surface area is 188 Å². The number of aromatic nitrogens is 3. The standard InChI is InChI=1S/C25H28N4O3/c1-28(22-12-18(5-4-17-2-3-17)6-9-20(22)19-7-8-19)24(30)21-13-29(27-26-21)14-23-31-15-25(10-11-25)16-32-23/h6,9,12-13,17,19,23H,2-3,7-8,10-11,14-16H2,1H3. The molecule has 4 aliphatic rings. The highest BCUT2D eigenvalue weighted by atomic mass is 16.7. The quantitative estimate of drug-likeness (QED) is 0.678. The number of rotatable bonds is 5. The number of ether oxygens (including phenoxy) is 2. The number of amides is 1. The molecule has 3 aliphatic carbocycles. The molecule has 0 unspecified atom stereocenters. The first-order valence-electron chi connectivity index (χ1n) is 11.7. The smallest absolute Gasteiger partial charge is 0.280 e. The molecule has 0 N–H and O–H groups in total. The topological polar surface area (TPSA) is 69.5 Å². The molecule has 2 aromatic rings. The molecule has 6 rings (SSSR count). The molecule has 1 aliphatic heterocycles. The minimum atomic E-state index is -0.341. The second-order valence-electron chi connectivity index (χ2n) is 9.83. The third kappa shape index (κ3) is 4.17. The molecular weight excluding hydrogens is 404 g/mol. The number of carbonyl (C=O) groups is 1. The first-order valence-corrected chi connectivity index (χ1v) is 11.7. The molecule has 7 nitrogen and oxygen atoms in total. The van der Waals surface area contributed by atoms with E-state index in [4.69, 9.17) is 9.47 Å². The molecule has 1 aromatic carbocycles. The summed E-state index contributed by atoms with van der Waals surface area (Å²) in [7, 11) is 1.81. The molecule has 0 radical (unpaired) electrons. The second kappa shape index (κ2) is 7.72. The van der Waals surface area contributed by atoms with Crippen molar-refractivity contribution in [2.75, 3.05) is 25.2 Å². The average molecular weight is 433 g/mol. The van der Waals surface area contributed by atoms with Crippen LogP contribution in [0.2, 0.25) is 0 Å². The SMILES string of the molecule is CN(C(=O)c1cn(CC2OCC3(CC3)CO2)nn1)c1cc(C#CC2CC2)ccc1C1CC1. The van der Waals surface area contributed by atoms with Gasteiger partial charge in [-0.05, 0) is 62.1 Å². The Morgan fingerprint density at radius 1 is 1.22 bits per heavy atom. The van der Waals surface area contributed by atoms with Gasteiger partial charge in [-0.2, -0.15) is 0 Å². The molecule has 1 saturated heterocycles. The van der Waals surface area contributed by atoms with Crippen LogP contribution in [0.5, 0.6) is 0 Å². The van der Waals surface area contributed by atoms with Gasteiger partial charge in [-0.3, -0.25) is 4.79 Å². The molecule has 32 heavy (non-hydrogen) atoms. The Kier molecular flexibility index (Phi) is 4.81. The summed E-state index contributed by atoms with van der Waals surface area (Å²) in [6, 6.07) is 6.26. The monoisotopic (exact) mass is 432 g/mol. The molecule has 0 atom stereocenters. The highest BCUT2D eigenvalue weighted by Gasteiger charge is 2.47. The highest BCUT2D eigenvalue weighted by molar-refractivity contribution is 6.04. The third-order valence-electron chi connectivity index (χ3n) is 6.91. The predicted molar refractivity (Wildman–Crippen MR) is 118 cm³/mol. The van der Waals surface area contributed by atoms with Crippen LogP contribution in [-0.2, 0) is 16.0 Å². The number of carbonyl (C=O) groups excluding carboxylic acids is 1. The van der Waals surface area contributed by atoms with E-state index in [1.165, 1.54) is 44.1 Å². The van der Waals surface area contributed by atoms with Crippen LogP contribution < -0.4 is 4.90 Å². The Morgan fingerprint density at radius 3 is 2.69 bits per heavy atom. The van der Waals surface area contributed by atoms with Crippen molar-refractivity contribution in [2.45, 2.75) is 57.3 Å². The summed E-state index contributed by atoms with van der Waals surface area (Å²) in [4.78, 5) is 14.9. The van der Waals surface area contributed by atoms with E-state index in [2.05, 4.69) is 34.3 Å². The Hall–Kier alpha value is -2.69. The van der Waals surface area contributed by atoms with E-state index in [1.54, 1.807) is 15.8 Å². The zero-order valence-corrected chi connectivity index (χ0v) is 18.4. The lowest BCUT2D eigenvalue weighted by atomic mass is 10.0. The molecule has 7 heteroatoms. The van der Waals surface area contributed by atoms with Crippen LogP contribution in [0, 0.1) is 23.2 Å².